The molecule has 0 saturated heterocycles. The molecule has 1 nitrogen and oxygen atoms in total. The number of hydrogen-bond donors (Lipinski definition) is 1. The fourth-order valence-electron chi connectivity index (χ4n) is 2.42. The molecular formula is C10H15O. The van der Waals surface area contributed by atoms with Crippen LogP contribution in [0.3, 0.4) is 0 Å². The van der Waals surface area contributed by atoms with Gasteiger partial charge in [0.05, 0.1) is 6.10 Å². The predicted molar refractivity (Wildman–Crippen MR) is 44.9 cm³/mol. The largest absolute Gasteiger partial charge is 0.389 e. The molecule has 1 radical (unpaired) electrons. The molecule has 3 aliphatic carbocycles. The maximum atomic E-state index is 9.49. The minimum Gasteiger partial charge on any atom is -0.389 e. The van der Waals surface area contributed by atoms with Gasteiger partial charge >= 0.3 is 0 Å². The molecule has 2 unspecified atom stereocenters. The number of aliphatic hydroxyl groups is 1. The van der Waals surface area contributed by atoms with Gasteiger partial charge in [0.1, 0.15) is 0 Å². The maximum absolute atomic E-state index is 9.49. The van der Waals surface area contributed by atoms with Gasteiger partial charge in [-0.1, -0.05) is 20.4 Å². The van der Waals surface area contributed by atoms with Crippen LogP contribution in [0.25, 0.3) is 0 Å². The molecule has 3 fully saturated rings. The summed E-state index contributed by atoms with van der Waals surface area (Å²) in [7, 11) is 0. The highest BCUT2D eigenvalue weighted by atomic mass is 16.3. The van der Waals surface area contributed by atoms with Gasteiger partial charge in [0.2, 0.25) is 0 Å². The Bertz CT molecular complexity index is 205. The number of hydrogen-bond acceptors (Lipinski definition) is 1. The van der Waals surface area contributed by atoms with Crippen molar-refractivity contribution in [2.75, 3.05) is 0 Å². The van der Waals surface area contributed by atoms with E-state index in [-0.39, 0.29) is 6.10 Å². The summed E-state index contributed by atoms with van der Waals surface area (Å²) < 4.78 is 0. The van der Waals surface area contributed by atoms with E-state index in [2.05, 4.69) is 20.4 Å². The van der Waals surface area contributed by atoms with Crippen LogP contribution in [0, 0.1) is 17.3 Å². The fraction of sp³-hybridized carbons (Fsp3) is 0.700. The monoisotopic (exact) mass is 151 g/mol. The molecule has 0 spiro atoms. The second-order valence-electron chi connectivity index (χ2n) is 4.38. The average molecular weight is 151 g/mol. The van der Waals surface area contributed by atoms with Crippen molar-refractivity contribution in [1.82, 2.24) is 0 Å². The Morgan fingerprint density at radius 1 is 1.55 bits per heavy atom. The highest BCUT2D eigenvalue weighted by Gasteiger charge is 2.54. The van der Waals surface area contributed by atoms with Crippen LogP contribution >= 0.6 is 0 Å². The fourth-order valence-corrected chi connectivity index (χ4v) is 2.42. The van der Waals surface area contributed by atoms with Gasteiger partial charge < -0.3 is 5.11 Å². The van der Waals surface area contributed by atoms with E-state index in [1.165, 1.54) is 12.3 Å². The van der Waals surface area contributed by atoms with E-state index in [4.69, 9.17) is 0 Å². The van der Waals surface area contributed by atoms with Crippen LogP contribution in [0.1, 0.15) is 26.7 Å². The zero-order valence-corrected chi connectivity index (χ0v) is 7.22. The highest BCUT2D eigenvalue weighted by molar-refractivity contribution is 5.40. The second kappa shape index (κ2) is 1.89. The molecule has 11 heavy (non-hydrogen) atoms. The van der Waals surface area contributed by atoms with Gasteiger partial charge in [-0.15, -0.1) is 0 Å². The summed E-state index contributed by atoms with van der Waals surface area (Å²) in [5.41, 5.74) is 1.34. The van der Waals surface area contributed by atoms with Crippen LogP contribution in [-0.2, 0) is 0 Å². The molecule has 2 bridgehead atoms. The standard InChI is InChI=1S/C10H15O/c1-6-8-4-7(5-9(6)11)10(8,2)3/h7,9,11H,1,4-5H2,2-3H3. The first-order valence-corrected chi connectivity index (χ1v) is 4.27. The van der Waals surface area contributed by atoms with Crippen LogP contribution in [0.5, 0.6) is 0 Å². The first kappa shape index (κ1) is 7.35. The van der Waals surface area contributed by atoms with E-state index < -0.39 is 0 Å². The molecule has 0 heterocycles. The van der Waals surface area contributed by atoms with E-state index in [0.717, 1.165) is 12.0 Å². The molecular weight excluding hydrogens is 136 g/mol. The zero-order valence-electron chi connectivity index (χ0n) is 7.22. The minimum absolute atomic E-state index is 0.239. The molecule has 0 aromatic heterocycles. The van der Waals surface area contributed by atoms with Crippen molar-refractivity contribution in [3.63, 3.8) is 0 Å². The van der Waals surface area contributed by atoms with Gasteiger partial charge in [-0.05, 0) is 29.7 Å². The van der Waals surface area contributed by atoms with Gasteiger partial charge in [-0.3, -0.25) is 0 Å². The maximum Gasteiger partial charge on any atom is 0.0756 e. The van der Waals surface area contributed by atoms with Crippen molar-refractivity contribution >= 4 is 0 Å². The number of rotatable bonds is 0. The van der Waals surface area contributed by atoms with Crippen molar-refractivity contribution in [1.29, 1.82) is 0 Å². The molecule has 3 saturated carbocycles. The van der Waals surface area contributed by atoms with Crippen LogP contribution in [0.4, 0.5) is 0 Å². The SMILES string of the molecule is C=C1[C]2CC(CC1O)C2(C)C. The Kier molecular flexibility index (Phi) is 1.26. The molecule has 0 aromatic carbocycles. The molecule has 0 aromatic rings. The predicted octanol–water partition coefficient (Wildman–Crippen LogP) is 1.93. The summed E-state index contributed by atoms with van der Waals surface area (Å²) in [6.45, 7) is 8.44. The summed E-state index contributed by atoms with van der Waals surface area (Å²) in [6.07, 6.45) is 1.87. The number of aliphatic hydroxyl groups excluding tert-OH is 1. The molecule has 0 amide bonds. The third-order valence-electron chi connectivity index (χ3n) is 3.55. The molecule has 61 valence electrons. The van der Waals surface area contributed by atoms with Crippen molar-refractivity contribution in [2.45, 2.75) is 32.8 Å². The second-order valence-corrected chi connectivity index (χ2v) is 4.38. The minimum atomic E-state index is -0.239. The van der Waals surface area contributed by atoms with E-state index >= 15 is 0 Å². The Labute approximate surface area is 68.1 Å². The van der Waals surface area contributed by atoms with Crippen molar-refractivity contribution < 1.29 is 5.11 Å². The van der Waals surface area contributed by atoms with E-state index in [1.54, 1.807) is 0 Å². The van der Waals surface area contributed by atoms with Crippen LogP contribution in [-0.4, -0.2) is 11.2 Å². The normalized spacial score (nSPS) is 41.9. The Morgan fingerprint density at radius 2 is 2.18 bits per heavy atom. The first-order valence-electron chi connectivity index (χ1n) is 4.27. The quantitative estimate of drug-likeness (QED) is 0.561. The van der Waals surface area contributed by atoms with E-state index in [1.807, 2.05) is 0 Å². The van der Waals surface area contributed by atoms with E-state index in [9.17, 15) is 5.11 Å². The summed E-state index contributed by atoms with van der Waals surface area (Å²) >= 11 is 0. The molecule has 1 N–H and O–H groups in total. The van der Waals surface area contributed by atoms with Gasteiger partial charge in [0.15, 0.2) is 0 Å². The Morgan fingerprint density at radius 3 is 2.55 bits per heavy atom. The summed E-state index contributed by atoms with van der Waals surface area (Å²) in [6, 6.07) is 0. The van der Waals surface area contributed by atoms with Gasteiger partial charge in [-0.25, -0.2) is 0 Å². The Hall–Kier alpha value is -0.300. The lowest BCUT2D eigenvalue weighted by Gasteiger charge is -2.58. The third kappa shape index (κ3) is 0.750. The van der Waals surface area contributed by atoms with Crippen LogP contribution in [0.2, 0.25) is 0 Å². The van der Waals surface area contributed by atoms with Crippen molar-refractivity contribution in [2.24, 2.45) is 11.3 Å². The molecule has 1 heteroatoms. The summed E-state index contributed by atoms with van der Waals surface area (Å²) in [5.74, 6) is 2.11. The summed E-state index contributed by atoms with van der Waals surface area (Å²) in [4.78, 5) is 0. The van der Waals surface area contributed by atoms with Gasteiger partial charge in [-0.2, -0.15) is 0 Å². The molecule has 2 atom stereocenters. The highest BCUT2D eigenvalue weighted by Crippen LogP contribution is 2.62. The third-order valence-corrected chi connectivity index (χ3v) is 3.55. The topological polar surface area (TPSA) is 20.2 Å². The van der Waals surface area contributed by atoms with E-state index in [0.29, 0.717) is 11.3 Å². The van der Waals surface area contributed by atoms with Crippen molar-refractivity contribution in [3.8, 4) is 0 Å². The first-order chi connectivity index (χ1) is 5.03. The molecule has 3 rings (SSSR count). The lowest BCUT2D eigenvalue weighted by Crippen LogP contribution is -2.51. The zero-order chi connectivity index (χ0) is 8.22. The van der Waals surface area contributed by atoms with Crippen LogP contribution < -0.4 is 0 Å². The number of fused-ring (bicyclic) bond motifs is 2. The molecule has 3 aliphatic rings. The average Bonchev–Trinajstić information content (AvgIpc) is 1.93. The smallest absolute Gasteiger partial charge is 0.0756 e. The van der Waals surface area contributed by atoms with Gasteiger partial charge in [0, 0.05) is 5.92 Å². The lowest BCUT2D eigenvalue weighted by atomic mass is 9.47. The Balaban J connectivity index is 2.23. The van der Waals surface area contributed by atoms with Crippen LogP contribution in [0.15, 0.2) is 12.2 Å². The van der Waals surface area contributed by atoms with Gasteiger partial charge in [0.25, 0.3) is 0 Å². The molecule has 0 aliphatic heterocycles. The van der Waals surface area contributed by atoms with Crippen molar-refractivity contribution in [3.05, 3.63) is 18.1 Å². The summed E-state index contributed by atoms with van der Waals surface area (Å²) in [5, 5.41) is 9.49. The lowest BCUT2D eigenvalue weighted by molar-refractivity contribution is 0.0196.